The van der Waals surface area contributed by atoms with Gasteiger partial charge >= 0.3 is 6.09 Å². The molecule has 1 fully saturated rings. The van der Waals surface area contributed by atoms with E-state index in [0.29, 0.717) is 17.7 Å². The minimum Gasteiger partial charge on any atom is -0.489 e. The number of hydrogen-bond acceptors (Lipinski definition) is 7. The SMILES string of the molecule is CC(C)O[C@H](C(=O)N1C(=O)OC[C@@H]1Cc1ccccc1)[C@H](CS(=O)(=O)O)c1cccc(OCc2ccccc2)c1. The Labute approximate surface area is 234 Å². The Morgan fingerprint density at radius 2 is 1.65 bits per heavy atom. The van der Waals surface area contributed by atoms with Crippen LogP contribution in [0.5, 0.6) is 5.75 Å². The molecule has 0 saturated carbocycles. The Morgan fingerprint density at radius 1 is 1.00 bits per heavy atom. The molecular formula is C30H33NO8S. The standard InChI is InChI=1S/C30H33NO8S/c1-21(2)39-28(29(32)31-25(19-38-30(31)33)16-22-10-5-3-6-11-22)27(20-40(34,35)36)24-14-9-15-26(17-24)37-18-23-12-7-4-8-13-23/h3-15,17,21,25,27-28H,16,18-20H2,1-2H3,(H,34,35,36)/t25-,27+,28-/m0/s1. The molecule has 2 amide bonds. The summed E-state index contributed by atoms with van der Waals surface area (Å²) in [6.45, 7) is 3.68. The summed E-state index contributed by atoms with van der Waals surface area (Å²) in [5, 5.41) is 0. The molecular weight excluding hydrogens is 534 g/mol. The largest absolute Gasteiger partial charge is 0.489 e. The van der Waals surface area contributed by atoms with E-state index in [1.807, 2.05) is 60.7 Å². The fraction of sp³-hybridized carbons (Fsp3) is 0.333. The number of rotatable bonds is 12. The minimum atomic E-state index is -4.56. The summed E-state index contributed by atoms with van der Waals surface area (Å²) in [7, 11) is -4.56. The maximum absolute atomic E-state index is 14.0. The number of imide groups is 1. The molecule has 1 saturated heterocycles. The van der Waals surface area contributed by atoms with Crippen LogP contribution in [-0.2, 0) is 37.4 Å². The highest BCUT2D eigenvalue weighted by Gasteiger charge is 2.45. The van der Waals surface area contributed by atoms with Crippen LogP contribution in [0.25, 0.3) is 0 Å². The second-order valence-corrected chi connectivity index (χ2v) is 11.4. The van der Waals surface area contributed by atoms with Gasteiger partial charge in [0.25, 0.3) is 16.0 Å². The molecule has 0 radical (unpaired) electrons. The first-order valence-electron chi connectivity index (χ1n) is 13.0. The third kappa shape index (κ3) is 7.91. The molecule has 1 aliphatic rings. The van der Waals surface area contributed by atoms with E-state index in [1.54, 1.807) is 38.1 Å². The molecule has 0 bridgehead atoms. The maximum atomic E-state index is 14.0. The minimum absolute atomic E-state index is 0.000355. The summed E-state index contributed by atoms with van der Waals surface area (Å²) in [6, 6.07) is 24.9. The monoisotopic (exact) mass is 567 g/mol. The van der Waals surface area contributed by atoms with Crippen molar-refractivity contribution in [2.45, 2.75) is 51.0 Å². The highest BCUT2D eigenvalue weighted by atomic mass is 32.2. The van der Waals surface area contributed by atoms with Crippen molar-refractivity contribution in [3.8, 4) is 5.75 Å². The summed E-state index contributed by atoms with van der Waals surface area (Å²) in [4.78, 5) is 27.8. The predicted molar refractivity (Wildman–Crippen MR) is 149 cm³/mol. The van der Waals surface area contributed by atoms with Crippen molar-refractivity contribution in [2.24, 2.45) is 0 Å². The van der Waals surface area contributed by atoms with Crippen molar-refractivity contribution in [1.82, 2.24) is 4.90 Å². The molecule has 0 unspecified atom stereocenters. The van der Waals surface area contributed by atoms with E-state index >= 15 is 0 Å². The van der Waals surface area contributed by atoms with Crippen molar-refractivity contribution < 1.29 is 36.8 Å². The average molecular weight is 568 g/mol. The molecule has 3 atom stereocenters. The van der Waals surface area contributed by atoms with Gasteiger partial charge in [0.2, 0.25) is 0 Å². The van der Waals surface area contributed by atoms with Gasteiger partial charge in [-0.1, -0.05) is 72.8 Å². The number of carbonyl (C=O) groups is 2. The van der Waals surface area contributed by atoms with Crippen molar-refractivity contribution in [1.29, 1.82) is 0 Å². The van der Waals surface area contributed by atoms with Crippen LogP contribution in [0.1, 0.15) is 36.5 Å². The number of amides is 2. The molecule has 3 aromatic carbocycles. The summed E-state index contributed by atoms with van der Waals surface area (Å²) < 4.78 is 51.3. The zero-order valence-electron chi connectivity index (χ0n) is 22.4. The van der Waals surface area contributed by atoms with Gasteiger partial charge in [0.1, 0.15) is 25.1 Å². The molecule has 212 valence electrons. The molecule has 4 rings (SSSR count). The Hall–Kier alpha value is -3.73. The molecule has 1 heterocycles. The van der Waals surface area contributed by atoms with Gasteiger partial charge in [0.15, 0.2) is 0 Å². The highest BCUT2D eigenvalue weighted by molar-refractivity contribution is 7.85. The van der Waals surface area contributed by atoms with Crippen LogP contribution in [0, 0.1) is 0 Å². The second-order valence-electron chi connectivity index (χ2n) is 9.94. The van der Waals surface area contributed by atoms with Gasteiger partial charge in [-0.25, -0.2) is 9.69 Å². The highest BCUT2D eigenvalue weighted by Crippen LogP contribution is 2.31. The third-order valence-electron chi connectivity index (χ3n) is 6.46. The van der Waals surface area contributed by atoms with Crippen molar-refractivity contribution >= 4 is 22.1 Å². The lowest BCUT2D eigenvalue weighted by molar-refractivity contribution is -0.145. The first-order chi connectivity index (χ1) is 19.1. The Balaban J connectivity index is 1.65. The molecule has 3 aromatic rings. The predicted octanol–water partition coefficient (Wildman–Crippen LogP) is 4.62. The molecule has 1 aliphatic heterocycles. The number of nitrogens with zero attached hydrogens (tertiary/aromatic N) is 1. The number of ether oxygens (including phenoxy) is 3. The number of benzene rings is 3. The van der Waals surface area contributed by atoms with Crippen LogP contribution < -0.4 is 4.74 Å². The van der Waals surface area contributed by atoms with Crippen LogP contribution in [0.4, 0.5) is 4.79 Å². The second kappa shape index (κ2) is 13.1. The lowest BCUT2D eigenvalue weighted by Gasteiger charge is -2.31. The smallest absolute Gasteiger partial charge is 0.417 e. The van der Waals surface area contributed by atoms with Gasteiger partial charge in [-0.3, -0.25) is 9.35 Å². The number of cyclic esters (lactones) is 1. The molecule has 9 nitrogen and oxygen atoms in total. The van der Waals surface area contributed by atoms with Gasteiger partial charge in [-0.05, 0) is 49.1 Å². The zero-order chi connectivity index (χ0) is 28.7. The first kappa shape index (κ1) is 29.3. The van der Waals surface area contributed by atoms with Crippen LogP contribution in [-0.4, -0.2) is 60.5 Å². The van der Waals surface area contributed by atoms with Crippen molar-refractivity contribution in [3.63, 3.8) is 0 Å². The van der Waals surface area contributed by atoms with E-state index in [2.05, 4.69) is 0 Å². The van der Waals surface area contributed by atoms with Crippen LogP contribution in [0.2, 0.25) is 0 Å². The summed E-state index contributed by atoms with van der Waals surface area (Å²) in [6.07, 6.45) is -2.37. The fourth-order valence-electron chi connectivity index (χ4n) is 4.68. The first-order valence-corrected chi connectivity index (χ1v) is 14.6. The topological polar surface area (TPSA) is 119 Å². The van der Waals surface area contributed by atoms with Gasteiger partial charge in [-0.15, -0.1) is 0 Å². The summed E-state index contributed by atoms with van der Waals surface area (Å²) in [5.41, 5.74) is 2.24. The van der Waals surface area contributed by atoms with Crippen LogP contribution >= 0.6 is 0 Å². The normalized spacial score (nSPS) is 16.9. The van der Waals surface area contributed by atoms with E-state index in [-0.39, 0.29) is 13.2 Å². The molecule has 0 aromatic heterocycles. The van der Waals surface area contributed by atoms with E-state index in [0.717, 1.165) is 16.0 Å². The fourth-order valence-corrected chi connectivity index (χ4v) is 5.50. The summed E-state index contributed by atoms with van der Waals surface area (Å²) in [5.74, 6) is -2.23. The molecule has 0 spiro atoms. The maximum Gasteiger partial charge on any atom is 0.417 e. The number of hydrogen-bond donors (Lipinski definition) is 1. The Bertz CT molecular complexity index is 1400. The zero-order valence-corrected chi connectivity index (χ0v) is 23.2. The lowest BCUT2D eigenvalue weighted by Crippen LogP contribution is -2.50. The lowest BCUT2D eigenvalue weighted by atomic mass is 9.93. The van der Waals surface area contributed by atoms with Crippen molar-refractivity contribution in [3.05, 3.63) is 102 Å². The van der Waals surface area contributed by atoms with E-state index in [1.165, 1.54) is 0 Å². The van der Waals surface area contributed by atoms with E-state index in [9.17, 15) is 22.6 Å². The van der Waals surface area contributed by atoms with Gasteiger partial charge in [0.05, 0.1) is 17.9 Å². The molecule has 40 heavy (non-hydrogen) atoms. The van der Waals surface area contributed by atoms with Gasteiger partial charge < -0.3 is 14.2 Å². The Morgan fingerprint density at radius 3 is 2.27 bits per heavy atom. The number of carbonyl (C=O) groups excluding carboxylic acids is 2. The van der Waals surface area contributed by atoms with E-state index in [4.69, 9.17) is 14.2 Å². The van der Waals surface area contributed by atoms with Crippen LogP contribution in [0.15, 0.2) is 84.9 Å². The Kier molecular flexibility index (Phi) is 9.57. The van der Waals surface area contributed by atoms with E-state index < -0.39 is 52.0 Å². The molecule has 0 aliphatic carbocycles. The average Bonchev–Trinajstić information content (AvgIpc) is 3.29. The quantitative estimate of drug-likeness (QED) is 0.315. The summed E-state index contributed by atoms with van der Waals surface area (Å²) >= 11 is 0. The van der Waals surface area contributed by atoms with Gasteiger partial charge in [-0.2, -0.15) is 8.42 Å². The van der Waals surface area contributed by atoms with Crippen LogP contribution in [0.3, 0.4) is 0 Å². The molecule has 1 N–H and O–H groups in total. The molecule has 10 heteroatoms. The van der Waals surface area contributed by atoms with Gasteiger partial charge in [0, 0.05) is 5.92 Å². The third-order valence-corrected chi connectivity index (χ3v) is 7.25. The van der Waals surface area contributed by atoms with Crippen molar-refractivity contribution in [2.75, 3.05) is 12.4 Å².